The van der Waals surface area contributed by atoms with Gasteiger partial charge in [-0.25, -0.2) is 0 Å². The number of nitrogens with one attached hydrogen (secondary N) is 2. The van der Waals surface area contributed by atoms with Crippen LogP contribution in [0.1, 0.15) is 19.3 Å². The Bertz CT molecular complexity index is 181. The van der Waals surface area contributed by atoms with Gasteiger partial charge in [-0.3, -0.25) is 4.79 Å². The van der Waals surface area contributed by atoms with Crippen molar-refractivity contribution in [1.82, 2.24) is 5.43 Å². The van der Waals surface area contributed by atoms with Crippen LogP contribution in [0.25, 0.3) is 0 Å². The molecule has 3 unspecified atom stereocenters. The minimum absolute atomic E-state index is 0.156. The monoisotopic (exact) mass is 154 g/mol. The van der Waals surface area contributed by atoms with E-state index in [1.54, 1.807) is 0 Å². The number of hydrogen-bond donors (Lipinski definition) is 2. The van der Waals surface area contributed by atoms with Gasteiger partial charge in [-0.1, -0.05) is 0 Å². The Balaban J connectivity index is 2.14. The highest BCUT2D eigenvalue weighted by Gasteiger charge is 2.40. The van der Waals surface area contributed by atoms with E-state index >= 15 is 0 Å². The second kappa shape index (κ2) is 2.57. The number of ketones is 1. The molecule has 2 rings (SSSR count). The van der Waals surface area contributed by atoms with Gasteiger partial charge in [-0.05, 0) is 12.8 Å². The summed E-state index contributed by atoms with van der Waals surface area (Å²) in [7, 11) is 3.88. The summed E-state index contributed by atoms with van der Waals surface area (Å²) in [5.41, 5.74) is 3.17. The van der Waals surface area contributed by atoms with Crippen molar-refractivity contribution in [2.24, 2.45) is 5.92 Å². The van der Waals surface area contributed by atoms with E-state index in [1.807, 2.05) is 0 Å². The number of carbonyl (C=O) groups is 1. The van der Waals surface area contributed by atoms with E-state index < -0.39 is 0 Å². The second-order valence-electron chi connectivity index (χ2n) is 3.48. The van der Waals surface area contributed by atoms with Crippen molar-refractivity contribution in [3.05, 3.63) is 7.05 Å². The van der Waals surface area contributed by atoms with Gasteiger partial charge in [0.1, 0.15) is 6.04 Å². The molecular formula is C8H14N2O. The maximum Gasteiger partial charge on any atom is 0.189 e. The highest BCUT2D eigenvalue weighted by atomic mass is 16.1. The van der Waals surface area contributed by atoms with Crippen LogP contribution in [0.3, 0.4) is 0 Å². The molecule has 1 aliphatic heterocycles. The van der Waals surface area contributed by atoms with E-state index in [9.17, 15) is 4.79 Å². The molecule has 3 nitrogen and oxygen atoms in total. The number of hydrogen-bond acceptors (Lipinski definition) is 2. The zero-order valence-electron chi connectivity index (χ0n) is 6.60. The van der Waals surface area contributed by atoms with E-state index in [2.05, 4.69) is 12.5 Å². The molecule has 62 valence electrons. The standard InChI is InChI=1S/C8H14N2O/c1-10-8-6(4-5-9-10)2-3-7(8)11/h6,8-10H,1-5H2. The maximum absolute atomic E-state index is 11.3. The summed E-state index contributed by atoms with van der Waals surface area (Å²) in [5.74, 6) is 1.00. The van der Waals surface area contributed by atoms with Gasteiger partial charge in [0.25, 0.3) is 0 Å². The molecule has 1 aliphatic carbocycles. The molecule has 2 N–H and O–H groups in total. The van der Waals surface area contributed by atoms with E-state index in [-0.39, 0.29) is 6.04 Å². The van der Waals surface area contributed by atoms with Crippen LogP contribution in [0.4, 0.5) is 0 Å². The molecule has 1 saturated heterocycles. The molecule has 11 heavy (non-hydrogen) atoms. The van der Waals surface area contributed by atoms with E-state index in [4.69, 9.17) is 0 Å². The van der Waals surface area contributed by atoms with E-state index in [0.717, 1.165) is 30.8 Å². The Morgan fingerprint density at radius 1 is 1.55 bits per heavy atom. The molecule has 0 amide bonds. The van der Waals surface area contributed by atoms with E-state index in [1.165, 1.54) is 0 Å². The lowest BCUT2D eigenvalue weighted by molar-refractivity contribution is -0.925. The number of carbonyl (C=O) groups excluding carboxylic acids is 1. The number of fused-ring (bicyclic) bond motifs is 1. The van der Waals surface area contributed by atoms with Gasteiger partial charge in [-0.15, -0.1) is 7.05 Å². The minimum Gasteiger partial charge on any atom is -0.379 e. The maximum atomic E-state index is 11.3. The van der Waals surface area contributed by atoms with E-state index in [0.29, 0.717) is 11.7 Å². The molecule has 1 heterocycles. The van der Waals surface area contributed by atoms with Gasteiger partial charge >= 0.3 is 0 Å². The summed E-state index contributed by atoms with van der Waals surface area (Å²) >= 11 is 0. The number of Topliss-reactive ketones (excluding diaryl/α,β-unsaturated/α-hetero) is 1. The normalized spacial score (nSPS) is 44.1. The van der Waals surface area contributed by atoms with Gasteiger partial charge in [0.2, 0.25) is 0 Å². The van der Waals surface area contributed by atoms with Crippen molar-refractivity contribution in [3.8, 4) is 0 Å². The minimum atomic E-state index is 0.156. The average Bonchev–Trinajstić information content (AvgIpc) is 2.34. The van der Waals surface area contributed by atoms with Gasteiger partial charge in [-0.2, -0.15) is 5.43 Å². The topological polar surface area (TPSA) is 33.5 Å². The molecule has 0 bridgehead atoms. The molecule has 0 aromatic carbocycles. The largest absolute Gasteiger partial charge is 0.379 e. The van der Waals surface area contributed by atoms with Crippen molar-refractivity contribution in [2.45, 2.75) is 25.3 Å². The summed E-state index contributed by atoms with van der Waals surface area (Å²) in [4.78, 5) is 11.3. The SMILES string of the molecule is [CH2-][NH+]1NCCC2CCC(=O)C21. The van der Waals surface area contributed by atoms with Gasteiger partial charge in [0, 0.05) is 18.9 Å². The Morgan fingerprint density at radius 3 is 3.09 bits per heavy atom. The van der Waals surface area contributed by atoms with Crippen LogP contribution < -0.4 is 10.4 Å². The fraction of sp³-hybridized carbons (Fsp3) is 0.750. The first-order valence-electron chi connectivity index (χ1n) is 4.24. The third kappa shape index (κ3) is 1.08. The van der Waals surface area contributed by atoms with Gasteiger partial charge in [0.05, 0.1) is 0 Å². The zero-order valence-corrected chi connectivity index (χ0v) is 6.60. The molecule has 0 spiro atoms. The quantitative estimate of drug-likeness (QED) is 0.435. The fourth-order valence-electron chi connectivity index (χ4n) is 2.23. The van der Waals surface area contributed by atoms with Crippen LogP contribution >= 0.6 is 0 Å². The zero-order chi connectivity index (χ0) is 7.84. The predicted molar refractivity (Wildman–Crippen MR) is 40.5 cm³/mol. The Kier molecular flexibility index (Phi) is 1.69. The first-order chi connectivity index (χ1) is 5.29. The summed E-state index contributed by atoms with van der Waals surface area (Å²) in [6, 6.07) is 0.156. The molecule has 3 heteroatoms. The predicted octanol–water partition coefficient (Wildman–Crippen LogP) is -1.08. The van der Waals surface area contributed by atoms with Crippen LogP contribution in [0.15, 0.2) is 0 Å². The summed E-state index contributed by atoms with van der Waals surface area (Å²) < 4.78 is 0. The smallest absolute Gasteiger partial charge is 0.189 e. The molecular weight excluding hydrogens is 140 g/mol. The Hall–Kier alpha value is -0.410. The molecule has 0 aromatic rings. The second-order valence-corrected chi connectivity index (χ2v) is 3.48. The van der Waals surface area contributed by atoms with Crippen molar-refractivity contribution in [3.63, 3.8) is 0 Å². The average molecular weight is 154 g/mol. The van der Waals surface area contributed by atoms with Crippen molar-refractivity contribution in [1.29, 1.82) is 0 Å². The molecule has 3 atom stereocenters. The van der Waals surface area contributed by atoms with Crippen molar-refractivity contribution < 1.29 is 9.80 Å². The molecule has 1 saturated carbocycles. The lowest BCUT2D eigenvalue weighted by atomic mass is 9.97. The van der Waals surface area contributed by atoms with Crippen LogP contribution in [0, 0.1) is 13.0 Å². The number of rotatable bonds is 0. The number of quaternary nitrogens is 1. The van der Waals surface area contributed by atoms with Crippen LogP contribution in [0.5, 0.6) is 0 Å². The molecule has 0 aromatic heterocycles. The third-order valence-electron chi connectivity index (χ3n) is 2.82. The van der Waals surface area contributed by atoms with Crippen molar-refractivity contribution >= 4 is 5.78 Å². The van der Waals surface area contributed by atoms with Crippen LogP contribution in [-0.2, 0) is 4.79 Å². The highest BCUT2D eigenvalue weighted by molar-refractivity contribution is 5.85. The molecule has 2 aliphatic rings. The summed E-state index contributed by atoms with van der Waals surface area (Å²) in [6.45, 7) is 1.01. The third-order valence-corrected chi connectivity index (χ3v) is 2.82. The molecule has 0 radical (unpaired) electrons. The van der Waals surface area contributed by atoms with Crippen LogP contribution in [-0.4, -0.2) is 18.4 Å². The van der Waals surface area contributed by atoms with Gasteiger partial charge in [0.15, 0.2) is 5.78 Å². The lowest BCUT2D eigenvalue weighted by Crippen LogP contribution is -3.20. The first-order valence-corrected chi connectivity index (χ1v) is 4.24. The first kappa shape index (κ1) is 7.25. The summed E-state index contributed by atoms with van der Waals surface area (Å²) in [6.07, 6.45) is 3.01. The summed E-state index contributed by atoms with van der Waals surface area (Å²) in [5, 5.41) is 0.962. The fourth-order valence-corrected chi connectivity index (χ4v) is 2.23. The van der Waals surface area contributed by atoms with Crippen LogP contribution in [0.2, 0.25) is 0 Å². The molecule has 2 fully saturated rings. The Labute approximate surface area is 66.7 Å². The van der Waals surface area contributed by atoms with Gasteiger partial charge < -0.3 is 5.01 Å². The lowest BCUT2D eigenvalue weighted by Gasteiger charge is -2.35. The highest BCUT2D eigenvalue weighted by Crippen LogP contribution is 2.24. The van der Waals surface area contributed by atoms with Crippen molar-refractivity contribution in [2.75, 3.05) is 6.54 Å². The Morgan fingerprint density at radius 2 is 2.36 bits per heavy atom.